The van der Waals surface area contributed by atoms with Gasteiger partial charge in [0.1, 0.15) is 5.76 Å². The van der Waals surface area contributed by atoms with Gasteiger partial charge in [-0.3, -0.25) is 4.99 Å². The van der Waals surface area contributed by atoms with Gasteiger partial charge in [0, 0.05) is 44.7 Å². The van der Waals surface area contributed by atoms with Crippen LogP contribution in [0, 0.1) is 5.92 Å². The molecule has 2 fully saturated rings. The molecule has 30 heavy (non-hydrogen) atoms. The molecule has 1 aromatic heterocycles. The summed E-state index contributed by atoms with van der Waals surface area (Å²) in [4.78, 5) is 7.43. The molecule has 0 amide bonds. The van der Waals surface area contributed by atoms with Gasteiger partial charge in [-0.2, -0.15) is 0 Å². The van der Waals surface area contributed by atoms with Crippen LogP contribution in [-0.4, -0.2) is 61.8 Å². The van der Waals surface area contributed by atoms with Gasteiger partial charge in [0.25, 0.3) is 0 Å². The normalized spacial score (nSPS) is 24.3. The van der Waals surface area contributed by atoms with E-state index in [9.17, 15) is 0 Å². The number of hydrogen-bond donors (Lipinski definition) is 2. The molecule has 6 heteroatoms. The van der Waals surface area contributed by atoms with Crippen LogP contribution in [0.15, 0.2) is 27.8 Å². The van der Waals surface area contributed by atoms with Crippen LogP contribution in [0.2, 0.25) is 0 Å². The molecule has 0 bridgehead atoms. The van der Waals surface area contributed by atoms with E-state index in [1.54, 1.807) is 6.26 Å². The van der Waals surface area contributed by atoms with Gasteiger partial charge in [0.05, 0.1) is 19.0 Å². The molecule has 2 aliphatic rings. The summed E-state index contributed by atoms with van der Waals surface area (Å²) in [6.07, 6.45) is 10.4. The Bertz CT molecular complexity index is 609. The third-order valence-corrected chi connectivity index (χ3v) is 6.43. The van der Waals surface area contributed by atoms with Crippen molar-refractivity contribution in [2.24, 2.45) is 10.9 Å². The first-order valence-electron chi connectivity index (χ1n) is 12.0. The summed E-state index contributed by atoms with van der Waals surface area (Å²) in [6.45, 7) is 11.4. The minimum absolute atomic E-state index is 0.317. The molecular formula is C24H42N4O2. The van der Waals surface area contributed by atoms with E-state index in [0.717, 1.165) is 63.8 Å². The molecule has 1 aromatic rings. The summed E-state index contributed by atoms with van der Waals surface area (Å²) in [6, 6.07) is 4.99. The number of piperidine rings is 1. The fourth-order valence-corrected chi connectivity index (χ4v) is 4.48. The number of nitrogens with zero attached hydrogens (tertiary/aromatic N) is 2. The van der Waals surface area contributed by atoms with Crippen LogP contribution in [0.4, 0.5) is 0 Å². The molecule has 2 heterocycles. The zero-order valence-corrected chi connectivity index (χ0v) is 19.2. The van der Waals surface area contributed by atoms with Gasteiger partial charge in [0.2, 0.25) is 0 Å². The first-order chi connectivity index (χ1) is 14.6. The maximum absolute atomic E-state index is 5.71. The van der Waals surface area contributed by atoms with Gasteiger partial charge >= 0.3 is 0 Å². The summed E-state index contributed by atoms with van der Waals surface area (Å²) in [5, 5.41) is 7.51. The van der Waals surface area contributed by atoms with Crippen LogP contribution in [0.3, 0.4) is 0 Å². The molecule has 6 nitrogen and oxygen atoms in total. The molecule has 0 aromatic carbocycles. The van der Waals surface area contributed by atoms with E-state index in [2.05, 4.69) is 36.3 Å². The van der Waals surface area contributed by atoms with Crippen molar-refractivity contribution >= 4 is 5.96 Å². The van der Waals surface area contributed by atoms with E-state index < -0.39 is 0 Å². The summed E-state index contributed by atoms with van der Waals surface area (Å²) in [7, 11) is 0. The lowest BCUT2D eigenvalue weighted by molar-refractivity contribution is 0.0532. The second-order valence-electron chi connectivity index (χ2n) is 9.25. The van der Waals surface area contributed by atoms with Crippen molar-refractivity contribution in [1.29, 1.82) is 0 Å². The minimum Gasteiger partial charge on any atom is -0.469 e. The Labute approximate surface area is 182 Å². The van der Waals surface area contributed by atoms with Gasteiger partial charge in [-0.15, -0.1) is 0 Å². The van der Waals surface area contributed by atoms with Crippen molar-refractivity contribution in [3.8, 4) is 0 Å². The number of hydrogen-bond acceptors (Lipinski definition) is 4. The van der Waals surface area contributed by atoms with E-state index in [1.165, 1.54) is 25.7 Å². The molecule has 1 aliphatic carbocycles. The predicted octanol–water partition coefficient (Wildman–Crippen LogP) is 3.83. The van der Waals surface area contributed by atoms with Crippen LogP contribution in [0.25, 0.3) is 0 Å². The van der Waals surface area contributed by atoms with Crippen molar-refractivity contribution in [2.45, 2.75) is 83.9 Å². The number of aliphatic imine (C=N–C) groups is 1. The summed E-state index contributed by atoms with van der Waals surface area (Å²) in [5.74, 6) is 2.70. The number of ether oxygens (including phenoxy) is 1. The average Bonchev–Trinajstić information content (AvgIpc) is 3.24. The van der Waals surface area contributed by atoms with Gasteiger partial charge in [-0.1, -0.05) is 19.8 Å². The quantitative estimate of drug-likeness (QED) is 0.471. The SMILES string of the molecule is CC(C)OCCN1CCC(NC(=NCCc2ccco2)NC2CCCCC2C)CC1. The lowest BCUT2D eigenvalue weighted by Crippen LogP contribution is -2.52. The molecule has 3 rings (SSSR count). The van der Waals surface area contributed by atoms with Crippen LogP contribution < -0.4 is 10.6 Å². The summed E-state index contributed by atoms with van der Waals surface area (Å²) in [5.41, 5.74) is 0. The topological polar surface area (TPSA) is 62.0 Å². The highest BCUT2D eigenvalue weighted by atomic mass is 16.5. The van der Waals surface area contributed by atoms with Crippen molar-refractivity contribution in [3.05, 3.63) is 24.2 Å². The second-order valence-corrected chi connectivity index (χ2v) is 9.25. The molecule has 1 aliphatic heterocycles. The Morgan fingerprint density at radius 3 is 2.70 bits per heavy atom. The first kappa shape index (κ1) is 23.1. The molecule has 2 N–H and O–H groups in total. The average molecular weight is 419 g/mol. The van der Waals surface area contributed by atoms with E-state index in [1.807, 2.05) is 12.1 Å². The van der Waals surface area contributed by atoms with E-state index in [-0.39, 0.29) is 0 Å². The van der Waals surface area contributed by atoms with Crippen LogP contribution >= 0.6 is 0 Å². The summed E-state index contributed by atoms with van der Waals surface area (Å²) >= 11 is 0. The highest BCUT2D eigenvalue weighted by Gasteiger charge is 2.24. The predicted molar refractivity (Wildman–Crippen MR) is 123 cm³/mol. The fraction of sp³-hybridized carbons (Fsp3) is 0.792. The van der Waals surface area contributed by atoms with Crippen LogP contribution in [0.1, 0.15) is 65.1 Å². The minimum atomic E-state index is 0.317. The molecule has 170 valence electrons. The molecule has 0 radical (unpaired) electrons. The van der Waals surface area contributed by atoms with E-state index in [0.29, 0.717) is 24.1 Å². The monoisotopic (exact) mass is 418 g/mol. The lowest BCUT2D eigenvalue weighted by atomic mass is 9.86. The maximum Gasteiger partial charge on any atom is 0.191 e. The van der Waals surface area contributed by atoms with Gasteiger partial charge < -0.3 is 24.7 Å². The Morgan fingerprint density at radius 2 is 2.00 bits per heavy atom. The lowest BCUT2D eigenvalue weighted by Gasteiger charge is -2.35. The van der Waals surface area contributed by atoms with Crippen molar-refractivity contribution < 1.29 is 9.15 Å². The van der Waals surface area contributed by atoms with Gasteiger partial charge in [-0.25, -0.2) is 0 Å². The van der Waals surface area contributed by atoms with Crippen LogP contribution in [-0.2, 0) is 11.2 Å². The number of rotatable bonds is 9. The maximum atomic E-state index is 5.71. The molecule has 1 saturated carbocycles. The molecule has 2 unspecified atom stereocenters. The molecule has 1 saturated heterocycles. The Balaban J connectivity index is 1.49. The highest BCUT2D eigenvalue weighted by Crippen LogP contribution is 2.23. The third-order valence-electron chi connectivity index (χ3n) is 6.43. The Kier molecular flexibility index (Phi) is 9.53. The second kappa shape index (κ2) is 12.4. The largest absolute Gasteiger partial charge is 0.469 e. The van der Waals surface area contributed by atoms with E-state index >= 15 is 0 Å². The highest BCUT2D eigenvalue weighted by molar-refractivity contribution is 5.80. The van der Waals surface area contributed by atoms with Crippen molar-refractivity contribution in [2.75, 3.05) is 32.8 Å². The third kappa shape index (κ3) is 7.95. The van der Waals surface area contributed by atoms with Gasteiger partial charge in [0.15, 0.2) is 5.96 Å². The van der Waals surface area contributed by atoms with Crippen molar-refractivity contribution in [1.82, 2.24) is 15.5 Å². The number of furan rings is 1. The van der Waals surface area contributed by atoms with Crippen LogP contribution in [0.5, 0.6) is 0 Å². The smallest absolute Gasteiger partial charge is 0.191 e. The van der Waals surface area contributed by atoms with E-state index in [4.69, 9.17) is 14.1 Å². The molecule has 2 atom stereocenters. The number of nitrogens with one attached hydrogen (secondary N) is 2. The van der Waals surface area contributed by atoms with Crippen molar-refractivity contribution in [3.63, 3.8) is 0 Å². The van der Waals surface area contributed by atoms with Gasteiger partial charge in [-0.05, 0) is 57.6 Å². The molecule has 0 spiro atoms. The number of guanidine groups is 1. The summed E-state index contributed by atoms with van der Waals surface area (Å²) < 4.78 is 11.2. The first-order valence-corrected chi connectivity index (χ1v) is 12.0. The Hall–Kier alpha value is -1.53. The number of likely N-dealkylation sites (tertiary alicyclic amines) is 1. The zero-order valence-electron chi connectivity index (χ0n) is 19.2. The standard InChI is InChI=1S/C24H42N4O2/c1-19(2)29-18-16-28-14-11-21(12-15-28)26-24(25-13-10-22-8-6-17-30-22)27-23-9-5-4-7-20(23)3/h6,8,17,19-21,23H,4-5,7,9-16,18H2,1-3H3,(H2,25,26,27). The molecular weight excluding hydrogens is 376 g/mol. The Morgan fingerprint density at radius 1 is 1.20 bits per heavy atom. The zero-order chi connectivity index (χ0) is 21.2. The fourth-order valence-electron chi connectivity index (χ4n) is 4.48.